The summed E-state index contributed by atoms with van der Waals surface area (Å²) >= 11 is 0. The van der Waals surface area contributed by atoms with Crippen LogP contribution in [0, 0.1) is 0 Å². The van der Waals surface area contributed by atoms with Crippen LogP contribution >= 0.6 is 0 Å². The molecule has 0 aromatic heterocycles. The van der Waals surface area contributed by atoms with Crippen molar-refractivity contribution in [1.82, 2.24) is 0 Å². The minimum atomic E-state index is -0.812. The molecule has 0 spiro atoms. The standard InChI is InChI=1S/C16H12O6/c17-8-1-2-9-13(4-8)22-15-10-5-12(19)11(18)3-7(10)6-21-16(15)14(9)20/h1-5,15-19H,6H2/t15-,16+/m0/s1. The molecular weight excluding hydrogens is 288 g/mol. The zero-order valence-corrected chi connectivity index (χ0v) is 11.3. The van der Waals surface area contributed by atoms with Crippen LogP contribution in [0.4, 0.5) is 0 Å². The highest BCUT2D eigenvalue weighted by Gasteiger charge is 2.43. The zero-order chi connectivity index (χ0) is 15.4. The van der Waals surface area contributed by atoms with Crippen LogP contribution in [0.3, 0.4) is 0 Å². The normalized spacial score (nSPS) is 22.3. The fourth-order valence-corrected chi connectivity index (χ4v) is 2.90. The number of rotatable bonds is 0. The number of benzene rings is 2. The molecule has 2 aliphatic heterocycles. The van der Waals surface area contributed by atoms with Crippen LogP contribution in [0.5, 0.6) is 23.0 Å². The van der Waals surface area contributed by atoms with E-state index in [1.165, 1.54) is 30.3 Å². The Morgan fingerprint density at radius 2 is 1.77 bits per heavy atom. The molecule has 0 aliphatic carbocycles. The Labute approximate surface area is 125 Å². The number of ether oxygens (including phenoxy) is 2. The van der Waals surface area contributed by atoms with Gasteiger partial charge in [-0.15, -0.1) is 0 Å². The van der Waals surface area contributed by atoms with Gasteiger partial charge in [0.2, 0.25) is 0 Å². The lowest BCUT2D eigenvalue weighted by molar-refractivity contribution is -0.0424. The zero-order valence-electron chi connectivity index (χ0n) is 11.3. The maximum absolute atomic E-state index is 12.5. The molecule has 4 rings (SSSR count). The number of phenols is 3. The van der Waals surface area contributed by atoms with Crippen LogP contribution < -0.4 is 4.74 Å². The van der Waals surface area contributed by atoms with Gasteiger partial charge in [0.15, 0.2) is 29.5 Å². The Morgan fingerprint density at radius 1 is 1.00 bits per heavy atom. The first-order valence-electron chi connectivity index (χ1n) is 6.75. The van der Waals surface area contributed by atoms with Crippen molar-refractivity contribution in [2.24, 2.45) is 0 Å². The van der Waals surface area contributed by atoms with E-state index in [0.29, 0.717) is 16.7 Å². The second kappa shape index (κ2) is 4.38. The summed E-state index contributed by atoms with van der Waals surface area (Å²) in [5.74, 6) is -0.492. The number of aromatic hydroxyl groups is 3. The van der Waals surface area contributed by atoms with Crippen molar-refractivity contribution < 1.29 is 29.6 Å². The van der Waals surface area contributed by atoms with Gasteiger partial charge in [0.1, 0.15) is 11.5 Å². The molecule has 0 amide bonds. The summed E-state index contributed by atoms with van der Waals surface area (Å²) in [6.07, 6.45) is -1.54. The number of carbonyl (C=O) groups is 1. The molecule has 0 bridgehead atoms. The van der Waals surface area contributed by atoms with Crippen LogP contribution in [-0.2, 0) is 11.3 Å². The van der Waals surface area contributed by atoms with Gasteiger partial charge in [-0.2, -0.15) is 0 Å². The van der Waals surface area contributed by atoms with E-state index in [2.05, 4.69) is 0 Å². The Morgan fingerprint density at radius 3 is 2.59 bits per heavy atom. The lowest BCUT2D eigenvalue weighted by Gasteiger charge is -2.37. The predicted molar refractivity (Wildman–Crippen MR) is 74.2 cm³/mol. The van der Waals surface area contributed by atoms with Crippen molar-refractivity contribution in [1.29, 1.82) is 0 Å². The van der Waals surface area contributed by atoms with Gasteiger partial charge in [0, 0.05) is 11.6 Å². The van der Waals surface area contributed by atoms with E-state index < -0.39 is 12.2 Å². The molecule has 2 aromatic rings. The van der Waals surface area contributed by atoms with Crippen LogP contribution in [0.25, 0.3) is 0 Å². The average Bonchev–Trinajstić information content (AvgIpc) is 2.48. The largest absolute Gasteiger partial charge is 0.508 e. The number of Topliss-reactive ketones (excluding diaryl/α,β-unsaturated/α-hetero) is 1. The smallest absolute Gasteiger partial charge is 0.199 e. The third-order valence-electron chi connectivity index (χ3n) is 3.98. The summed E-state index contributed by atoms with van der Waals surface area (Å²) in [4.78, 5) is 12.5. The van der Waals surface area contributed by atoms with Gasteiger partial charge >= 0.3 is 0 Å². The van der Waals surface area contributed by atoms with Gasteiger partial charge in [-0.3, -0.25) is 4.79 Å². The van der Waals surface area contributed by atoms with Crippen LogP contribution in [-0.4, -0.2) is 27.2 Å². The Balaban J connectivity index is 1.85. The minimum absolute atomic E-state index is 0.00416. The Bertz CT molecular complexity index is 797. The fourth-order valence-electron chi connectivity index (χ4n) is 2.90. The quantitative estimate of drug-likeness (QED) is 0.644. The number of carbonyl (C=O) groups excluding carboxylic acids is 1. The summed E-state index contributed by atoms with van der Waals surface area (Å²) in [5.41, 5.74) is 1.59. The molecule has 2 heterocycles. The molecule has 22 heavy (non-hydrogen) atoms. The van der Waals surface area contributed by atoms with Crippen molar-refractivity contribution in [2.45, 2.75) is 18.8 Å². The first kappa shape index (κ1) is 13.0. The van der Waals surface area contributed by atoms with Crippen molar-refractivity contribution >= 4 is 5.78 Å². The first-order valence-corrected chi connectivity index (χ1v) is 6.75. The van der Waals surface area contributed by atoms with Crippen LogP contribution in [0.15, 0.2) is 30.3 Å². The first-order chi connectivity index (χ1) is 10.5. The van der Waals surface area contributed by atoms with E-state index in [1.54, 1.807) is 0 Å². The van der Waals surface area contributed by atoms with Crippen molar-refractivity contribution in [3.05, 3.63) is 47.0 Å². The lowest BCUT2D eigenvalue weighted by atomic mass is 9.88. The fraction of sp³-hybridized carbons (Fsp3) is 0.188. The molecule has 112 valence electrons. The van der Waals surface area contributed by atoms with Crippen LogP contribution in [0.1, 0.15) is 27.6 Å². The summed E-state index contributed by atoms with van der Waals surface area (Å²) < 4.78 is 11.4. The van der Waals surface area contributed by atoms with Crippen molar-refractivity contribution in [3.63, 3.8) is 0 Å². The second-order valence-corrected chi connectivity index (χ2v) is 5.35. The van der Waals surface area contributed by atoms with Gasteiger partial charge < -0.3 is 24.8 Å². The molecular formula is C16H12O6. The predicted octanol–water partition coefficient (Wildman–Crippen LogP) is 2.02. The number of hydrogen-bond acceptors (Lipinski definition) is 6. The topological polar surface area (TPSA) is 96.2 Å². The van der Waals surface area contributed by atoms with Crippen molar-refractivity contribution in [2.75, 3.05) is 0 Å². The van der Waals surface area contributed by atoms with E-state index in [9.17, 15) is 20.1 Å². The van der Waals surface area contributed by atoms with E-state index in [-0.39, 0.29) is 35.4 Å². The molecule has 6 heteroatoms. The van der Waals surface area contributed by atoms with E-state index in [0.717, 1.165) is 0 Å². The molecule has 2 aliphatic rings. The maximum atomic E-state index is 12.5. The van der Waals surface area contributed by atoms with Gasteiger partial charge in [0.05, 0.1) is 12.2 Å². The third kappa shape index (κ3) is 1.74. The highest BCUT2D eigenvalue weighted by molar-refractivity contribution is 6.03. The molecule has 2 atom stereocenters. The molecule has 0 unspecified atom stereocenters. The molecule has 2 aromatic carbocycles. The summed E-state index contributed by atoms with van der Waals surface area (Å²) in [6.45, 7) is 0.146. The molecule has 0 fully saturated rings. The highest BCUT2D eigenvalue weighted by atomic mass is 16.6. The summed E-state index contributed by atoms with van der Waals surface area (Å²) in [6, 6.07) is 7.06. The molecule has 0 saturated heterocycles. The molecule has 0 saturated carbocycles. The van der Waals surface area contributed by atoms with E-state index in [4.69, 9.17) is 9.47 Å². The molecule has 0 radical (unpaired) electrons. The number of fused-ring (bicyclic) bond motifs is 4. The minimum Gasteiger partial charge on any atom is -0.508 e. The van der Waals surface area contributed by atoms with Crippen LogP contribution in [0.2, 0.25) is 0 Å². The van der Waals surface area contributed by atoms with E-state index in [1.807, 2.05) is 0 Å². The highest BCUT2D eigenvalue weighted by Crippen LogP contribution is 2.44. The Kier molecular flexibility index (Phi) is 2.58. The average molecular weight is 300 g/mol. The van der Waals surface area contributed by atoms with Gasteiger partial charge in [-0.05, 0) is 29.8 Å². The molecule has 6 nitrogen and oxygen atoms in total. The summed E-state index contributed by atoms with van der Waals surface area (Å²) in [7, 11) is 0. The van der Waals surface area contributed by atoms with Gasteiger partial charge in [0.25, 0.3) is 0 Å². The van der Waals surface area contributed by atoms with Gasteiger partial charge in [-0.25, -0.2) is 0 Å². The van der Waals surface area contributed by atoms with Gasteiger partial charge in [-0.1, -0.05) is 0 Å². The van der Waals surface area contributed by atoms with E-state index >= 15 is 0 Å². The third-order valence-corrected chi connectivity index (χ3v) is 3.98. The lowest BCUT2D eigenvalue weighted by Crippen LogP contribution is -2.41. The summed E-state index contributed by atoms with van der Waals surface area (Å²) in [5, 5.41) is 28.8. The maximum Gasteiger partial charge on any atom is 0.199 e. The monoisotopic (exact) mass is 300 g/mol. The Hall–Kier alpha value is -2.73. The van der Waals surface area contributed by atoms with Crippen molar-refractivity contribution in [3.8, 4) is 23.0 Å². The number of phenolic OH excluding ortho intramolecular Hbond substituents is 3. The second-order valence-electron chi connectivity index (χ2n) is 5.35. The SMILES string of the molecule is O=C1c2ccc(O)cc2O[C@H]2c3cc(O)c(O)cc3CO[C@H]12. The molecule has 3 N–H and O–H groups in total. The number of ketones is 1. The number of hydrogen-bond donors (Lipinski definition) is 3.